The van der Waals surface area contributed by atoms with Crippen molar-refractivity contribution in [3.63, 3.8) is 0 Å². The van der Waals surface area contributed by atoms with E-state index in [1.54, 1.807) is 36.4 Å². The van der Waals surface area contributed by atoms with Crippen molar-refractivity contribution >= 4 is 56.9 Å². The molecule has 9 heteroatoms. The number of nitrogens with zero attached hydrogens (tertiary/aromatic N) is 2. The number of hydrogen-bond acceptors (Lipinski definition) is 4. The number of amides is 1. The molecule has 5 rings (SSSR count). The van der Waals surface area contributed by atoms with E-state index in [9.17, 15) is 14.0 Å². The molecule has 6 nitrogen and oxygen atoms in total. The molecule has 0 aliphatic heterocycles. The van der Waals surface area contributed by atoms with Gasteiger partial charge in [-0.3, -0.25) is 14.2 Å². The second kappa shape index (κ2) is 8.73. The number of nitrogens with one attached hydrogen (secondary N) is 2. The minimum atomic E-state index is -0.568. The molecule has 2 N–H and O–H groups in total. The number of aromatic nitrogens is 3. The van der Waals surface area contributed by atoms with Gasteiger partial charge in [0.15, 0.2) is 5.16 Å². The van der Waals surface area contributed by atoms with Crippen LogP contribution in [-0.2, 0) is 4.79 Å². The van der Waals surface area contributed by atoms with E-state index in [0.29, 0.717) is 16.2 Å². The molecule has 0 radical (unpaired) electrons. The minimum absolute atomic E-state index is 0.0404. The molecule has 2 aromatic heterocycles. The highest BCUT2D eigenvalue weighted by Crippen LogP contribution is 2.27. The Labute approximate surface area is 196 Å². The number of thioether (sulfide) groups is 1. The molecule has 0 aliphatic carbocycles. The van der Waals surface area contributed by atoms with Crippen LogP contribution in [0.5, 0.6) is 0 Å². The molecule has 5 aromatic rings. The quantitative estimate of drug-likeness (QED) is 0.262. The predicted octanol–water partition coefficient (Wildman–Crippen LogP) is 5.39. The fraction of sp³-hybridized carbons (Fsp3) is 0.0417. The summed E-state index contributed by atoms with van der Waals surface area (Å²) in [5, 5.41) is 4.25. The highest BCUT2D eigenvalue weighted by molar-refractivity contribution is 7.99. The topological polar surface area (TPSA) is 79.8 Å². The third-order valence-electron chi connectivity index (χ3n) is 5.03. The molecular weight excluding hydrogens is 463 g/mol. The molecule has 0 unspecified atom stereocenters. The maximum atomic E-state index is 14.7. The molecule has 0 spiro atoms. The molecule has 2 heterocycles. The van der Waals surface area contributed by atoms with Crippen LogP contribution in [0.1, 0.15) is 0 Å². The summed E-state index contributed by atoms with van der Waals surface area (Å²) in [6, 6.07) is 20.2. The van der Waals surface area contributed by atoms with E-state index in [-0.39, 0.29) is 28.0 Å². The van der Waals surface area contributed by atoms with Gasteiger partial charge in [-0.25, -0.2) is 9.37 Å². The van der Waals surface area contributed by atoms with Crippen LogP contribution in [0.4, 0.5) is 10.1 Å². The fourth-order valence-corrected chi connectivity index (χ4v) is 4.57. The van der Waals surface area contributed by atoms with Crippen molar-refractivity contribution in [1.82, 2.24) is 14.5 Å². The first-order valence-electron chi connectivity index (χ1n) is 9.98. The maximum Gasteiger partial charge on any atom is 0.283 e. The number of fused-ring (bicyclic) bond motifs is 3. The predicted molar refractivity (Wildman–Crippen MR) is 130 cm³/mol. The summed E-state index contributed by atoms with van der Waals surface area (Å²) in [5.41, 5.74) is 1.66. The first-order valence-corrected chi connectivity index (χ1v) is 11.3. The lowest BCUT2D eigenvalue weighted by atomic mass is 10.2. The van der Waals surface area contributed by atoms with Crippen LogP contribution < -0.4 is 10.9 Å². The third kappa shape index (κ3) is 4.10. The number of carbonyl (C=O) groups is 1. The molecule has 0 bridgehead atoms. The molecule has 1 amide bonds. The van der Waals surface area contributed by atoms with E-state index >= 15 is 0 Å². The van der Waals surface area contributed by atoms with Crippen molar-refractivity contribution in [1.29, 1.82) is 0 Å². The molecule has 0 fully saturated rings. The van der Waals surface area contributed by atoms with Gasteiger partial charge in [0.25, 0.3) is 5.56 Å². The zero-order chi connectivity index (χ0) is 22.9. The Hall–Kier alpha value is -3.62. The first kappa shape index (κ1) is 21.2. The van der Waals surface area contributed by atoms with Crippen molar-refractivity contribution in [2.75, 3.05) is 11.1 Å². The summed E-state index contributed by atoms with van der Waals surface area (Å²) < 4.78 is 15.9. The van der Waals surface area contributed by atoms with Crippen molar-refractivity contribution in [3.05, 3.63) is 94.0 Å². The number of anilines is 1. The van der Waals surface area contributed by atoms with Gasteiger partial charge < -0.3 is 10.3 Å². The average molecular weight is 479 g/mol. The molecule has 0 saturated carbocycles. The van der Waals surface area contributed by atoms with Gasteiger partial charge in [-0.15, -0.1) is 0 Å². The summed E-state index contributed by atoms with van der Waals surface area (Å²) >= 11 is 7.02. The monoisotopic (exact) mass is 478 g/mol. The van der Waals surface area contributed by atoms with Crippen molar-refractivity contribution in [2.45, 2.75) is 5.16 Å². The maximum absolute atomic E-state index is 14.7. The summed E-state index contributed by atoms with van der Waals surface area (Å²) in [5.74, 6) is -0.918. The standard InChI is InChI=1S/C24H16ClFN4O2S/c25-14-6-5-7-15(12-14)27-20(31)13-33-24-29-21-16-8-1-3-10-18(16)28-22(21)23(32)30(24)19-11-4-2-9-17(19)26/h1-12,28H,13H2,(H,27,31). The van der Waals surface area contributed by atoms with E-state index in [2.05, 4.69) is 15.3 Å². The number of benzene rings is 3. The number of aromatic amines is 1. The van der Waals surface area contributed by atoms with Gasteiger partial charge in [-0.2, -0.15) is 0 Å². The highest BCUT2D eigenvalue weighted by atomic mass is 35.5. The lowest BCUT2D eigenvalue weighted by Crippen LogP contribution is -2.23. The van der Waals surface area contributed by atoms with Gasteiger partial charge in [-0.1, -0.05) is 59.8 Å². The summed E-state index contributed by atoms with van der Waals surface area (Å²) in [4.78, 5) is 33.7. The number of hydrogen-bond donors (Lipinski definition) is 2. The SMILES string of the molecule is O=C(CSc1nc2c([nH]c3ccccc32)c(=O)n1-c1ccccc1F)Nc1cccc(Cl)c1. The summed E-state index contributed by atoms with van der Waals surface area (Å²) in [6.07, 6.45) is 0. The van der Waals surface area contributed by atoms with E-state index in [0.717, 1.165) is 22.7 Å². The van der Waals surface area contributed by atoms with E-state index in [1.165, 1.54) is 16.7 Å². The fourth-order valence-electron chi connectivity index (χ4n) is 3.58. The van der Waals surface area contributed by atoms with Crippen molar-refractivity contribution in [3.8, 4) is 5.69 Å². The molecule has 3 aromatic carbocycles. The summed E-state index contributed by atoms with van der Waals surface area (Å²) in [7, 11) is 0. The largest absolute Gasteiger partial charge is 0.349 e. The molecular formula is C24H16ClFN4O2S. The van der Waals surface area contributed by atoms with Gasteiger partial charge in [0.2, 0.25) is 5.91 Å². The number of carbonyl (C=O) groups excluding carboxylic acids is 1. The molecule has 0 saturated heterocycles. The van der Waals surface area contributed by atoms with E-state index < -0.39 is 11.4 Å². The Morgan fingerprint density at radius 1 is 1.09 bits per heavy atom. The number of H-pyrrole nitrogens is 1. The van der Waals surface area contributed by atoms with Crippen molar-refractivity contribution < 1.29 is 9.18 Å². The minimum Gasteiger partial charge on any atom is -0.349 e. The first-order chi connectivity index (χ1) is 16.0. The zero-order valence-electron chi connectivity index (χ0n) is 17.0. The van der Waals surface area contributed by atoms with Crippen LogP contribution >= 0.6 is 23.4 Å². The smallest absolute Gasteiger partial charge is 0.283 e. The Morgan fingerprint density at radius 3 is 2.70 bits per heavy atom. The average Bonchev–Trinajstić information content (AvgIpc) is 3.18. The summed E-state index contributed by atoms with van der Waals surface area (Å²) in [6.45, 7) is 0. The van der Waals surface area contributed by atoms with Crippen LogP contribution in [-0.4, -0.2) is 26.2 Å². The van der Waals surface area contributed by atoms with Gasteiger partial charge in [0.1, 0.15) is 16.9 Å². The van der Waals surface area contributed by atoms with Gasteiger partial charge >= 0.3 is 0 Å². The van der Waals surface area contributed by atoms with Gasteiger partial charge in [-0.05, 0) is 36.4 Å². The van der Waals surface area contributed by atoms with Crippen LogP contribution in [0.15, 0.2) is 82.7 Å². The Morgan fingerprint density at radius 2 is 1.88 bits per heavy atom. The van der Waals surface area contributed by atoms with Gasteiger partial charge in [0.05, 0.1) is 11.4 Å². The number of para-hydroxylation sites is 2. The number of rotatable bonds is 5. The zero-order valence-corrected chi connectivity index (χ0v) is 18.6. The Bertz CT molecular complexity index is 1580. The molecule has 0 aliphatic rings. The Balaban J connectivity index is 1.58. The van der Waals surface area contributed by atoms with Crippen LogP contribution in [0, 0.1) is 5.82 Å². The normalized spacial score (nSPS) is 11.2. The second-order valence-electron chi connectivity index (χ2n) is 7.23. The lowest BCUT2D eigenvalue weighted by Gasteiger charge is -2.13. The van der Waals surface area contributed by atoms with E-state index in [1.807, 2.05) is 24.3 Å². The Kier molecular flexibility index (Phi) is 5.62. The van der Waals surface area contributed by atoms with E-state index in [4.69, 9.17) is 11.6 Å². The van der Waals surface area contributed by atoms with Crippen molar-refractivity contribution in [2.24, 2.45) is 0 Å². The van der Waals surface area contributed by atoms with Gasteiger partial charge in [0, 0.05) is 21.6 Å². The lowest BCUT2D eigenvalue weighted by molar-refractivity contribution is -0.113. The second-order valence-corrected chi connectivity index (χ2v) is 8.61. The number of halogens is 2. The highest BCUT2D eigenvalue weighted by Gasteiger charge is 2.19. The molecule has 164 valence electrons. The molecule has 0 atom stereocenters. The van der Waals surface area contributed by atoms with Crippen LogP contribution in [0.25, 0.3) is 27.6 Å². The van der Waals surface area contributed by atoms with Crippen LogP contribution in [0.2, 0.25) is 5.02 Å². The molecule has 33 heavy (non-hydrogen) atoms. The van der Waals surface area contributed by atoms with Crippen LogP contribution in [0.3, 0.4) is 0 Å². The third-order valence-corrected chi connectivity index (χ3v) is 6.20.